The highest BCUT2D eigenvalue weighted by Gasteiger charge is 2.46. The molecule has 5 heteroatoms. The van der Waals surface area contributed by atoms with Crippen LogP contribution >= 0.6 is 11.3 Å². The molecule has 0 saturated heterocycles. The first-order valence-electron chi connectivity index (χ1n) is 42.0. The fourth-order valence-corrected chi connectivity index (χ4v) is 20.3. The number of nitrogens with zero attached hydrogens (tertiary/aromatic N) is 3. The first-order valence-corrected chi connectivity index (χ1v) is 41.3. The molecule has 16 aromatic carbocycles. The van der Waals surface area contributed by atoms with Crippen molar-refractivity contribution in [2.45, 2.75) is 104 Å². The molecule has 0 amide bonds. The van der Waals surface area contributed by atoms with Crippen LogP contribution in [0.2, 0.25) is 0 Å². The molecule has 2 aliphatic heterocycles. The van der Waals surface area contributed by atoms with Gasteiger partial charge in [-0.25, -0.2) is 0 Å². The predicted molar refractivity (Wildman–Crippen MR) is 490 cm³/mol. The summed E-state index contributed by atoms with van der Waals surface area (Å²) in [7, 11) is 0. The van der Waals surface area contributed by atoms with Gasteiger partial charge in [0.15, 0.2) is 0 Å². The molecule has 0 unspecified atom stereocenters. The Morgan fingerprint density at radius 3 is 1.28 bits per heavy atom. The van der Waals surface area contributed by atoms with Gasteiger partial charge in [0.25, 0.3) is 6.71 Å². The lowest BCUT2D eigenvalue weighted by Crippen LogP contribution is -2.61. The van der Waals surface area contributed by atoms with Gasteiger partial charge in [-0.2, -0.15) is 0 Å². The van der Waals surface area contributed by atoms with Gasteiger partial charge in [0.1, 0.15) is 0 Å². The minimum Gasteiger partial charge on any atom is -0.342 e. The fourth-order valence-electron chi connectivity index (χ4n) is 18.8. The molecule has 0 radical (unpaired) electrons. The van der Waals surface area contributed by atoms with Crippen molar-refractivity contribution in [2.75, 3.05) is 22.9 Å². The number of fused-ring (bicyclic) bond motifs is 9. The number of hydrogen-bond acceptors (Lipinski definition) is 3. The third-order valence-corrected chi connectivity index (χ3v) is 25.8. The van der Waals surface area contributed by atoms with Crippen LogP contribution in [0.25, 0.3) is 137 Å². The summed E-state index contributed by atoms with van der Waals surface area (Å²) < 4.78 is 38.0. The minimum atomic E-state index is -0.531. The second kappa shape index (κ2) is 27.4. The van der Waals surface area contributed by atoms with Gasteiger partial charge >= 0.3 is 0 Å². The van der Waals surface area contributed by atoms with E-state index in [0.29, 0.717) is 36.3 Å². The maximum Gasteiger partial charge on any atom is 0.264 e. The zero-order valence-electron chi connectivity index (χ0n) is 68.9. The molecule has 20 rings (SSSR count). The molecule has 3 nitrogen and oxygen atoms in total. The summed E-state index contributed by atoms with van der Waals surface area (Å²) >= 11 is 1.86. The molecule has 4 heterocycles. The van der Waals surface area contributed by atoms with Crippen LogP contribution in [0.4, 0.5) is 22.7 Å². The van der Waals surface area contributed by atoms with E-state index in [0.717, 1.165) is 84.9 Å². The van der Waals surface area contributed by atoms with E-state index in [1.54, 1.807) is 0 Å². The van der Waals surface area contributed by atoms with Gasteiger partial charge in [-0.05, 0) is 211 Å². The van der Waals surface area contributed by atoms with Gasteiger partial charge in [0, 0.05) is 67.0 Å². The van der Waals surface area contributed by atoms with Gasteiger partial charge in [0.2, 0.25) is 0 Å². The highest BCUT2D eigenvalue weighted by atomic mass is 32.1. The SMILES string of the molecule is [2H]c1c([2H])c(-n2c3ccccc3c3ccccc32)c([2H])c2c1B1c3sc4c(-c5ccccc5-c5ccc6ccc7cccc8ccc5c6c78)cccc4c3N(CCCc3c(-c4ccccc4)cc(C(C)(C)C)cc3-c3ccccc3)c3cc(C(C)(C)C)cc(c31)N2CCCc1c(-c2ccccc2)cc(C(C)(C)C)cc1-c1ccccc1. The molecule has 0 spiro atoms. The Morgan fingerprint density at radius 1 is 0.345 bits per heavy atom. The summed E-state index contributed by atoms with van der Waals surface area (Å²) in [5.41, 5.74) is 28.3. The maximum absolute atomic E-state index is 11.5. The molecule has 2 aliphatic rings. The van der Waals surface area contributed by atoms with Crippen molar-refractivity contribution < 1.29 is 4.11 Å². The molecule has 0 fully saturated rings. The van der Waals surface area contributed by atoms with E-state index in [1.807, 2.05) is 11.3 Å². The molecular formula is C108H92BN3S. The lowest BCUT2D eigenvalue weighted by molar-refractivity contribution is 0.590. The van der Waals surface area contributed by atoms with Crippen molar-refractivity contribution in [3.8, 4) is 72.4 Å². The Hall–Kier alpha value is -12.0. The second-order valence-electron chi connectivity index (χ2n) is 34.6. The summed E-state index contributed by atoms with van der Waals surface area (Å²) in [6.07, 6.45) is 3.04. The number of para-hydroxylation sites is 2. The lowest BCUT2D eigenvalue weighted by Gasteiger charge is -2.44. The number of rotatable bonds is 15. The van der Waals surface area contributed by atoms with Crippen molar-refractivity contribution in [1.82, 2.24) is 4.57 Å². The number of aromatic nitrogens is 1. The van der Waals surface area contributed by atoms with E-state index >= 15 is 0 Å². The standard InChI is InChI=1S/C108H92BN3S/c1-106(2,3)76-62-90(69-32-14-10-15-33-69)82(91(63-76)70-34-16-11-17-35-70)48-30-60-110-97-68-79(112-95-50-26-24-44-85(95)86-45-25-27-51-96(86)112)56-59-94(97)109-102-98(110)66-78(108(7,8)9)67-99(102)111(61-31-49-83-92(71-36-18-12-19-37-71)64-77(107(4,5)6)65-93(83)72-38-20-13-21-39-72)103-89-47-29-46-88(104(89)113-105(103)109)81-43-23-22-42-80(81)84-57-54-75-53-52-73-40-28-41-74-55-58-87(84)101(75)100(73)74/h10-29,32-47,50-59,62-68H,30-31,48-49,60-61H2,1-9H3/i56D,59D,68D. The van der Waals surface area contributed by atoms with Crippen molar-refractivity contribution in [2.24, 2.45) is 0 Å². The third kappa shape index (κ3) is 12.0. The van der Waals surface area contributed by atoms with E-state index in [9.17, 15) is 4.11 Å². The van der Waals surface area contributed by atoms with Gasteiger partial charge in [-0.1, -0.05) is 347 Å². The topological polar surface area (TPSA) is 11.4 Å². The largest absolute Gasteiger partial charge is 0.342 e. The quantitative estimate of drug-likeness (QED) is 0.0749. The fraction of sp³-hybridized carbons (Fsp3) is 0.167. The first kappa shape index (κ1) is 66.7. The molecule has 0 atom stereocenters. The average Bonchev–Trinajstić information content (AvgIpc) is 1.31. The van der Waals surface area contributed by atoms with Crippen LogP contribution in [0.15, 0.2) is 321 Å². The summed E-state index contributed by atoms with van der Waals surface area (Å²) in [5, 5.41) is 10.8. The molecule has 0 bridgehead atoms. The Balaban J connectivity index is 0.840. The van der Waals surface area contributed by atoms with Gasteiger partial charge in [-0.3, -0.25) is 0 Å². The zero-order chi connectivity index (χ0) is 79.2. The molecule has 2 aromatic heterocycles. The van der Waals surface area contributed by atoms with Crippen LogP contribution in [-0.2, 0) is 29.1 Å². The predicted octanol–water partition coefficient (Wildman–Crippen LogP) is 27.5. The minimum absolute atomic E-state index is 0.0457. The molecule has 548 valence electrons. The molecular weight excluding hydrogens is 1380 g/mol. The van der Waals surface area contributed by atoms with Crippen LogP contribution in [-0.4, -0.2) is 24.4 Å². The summed E-state index contributed by atoms with van der Waals surface area (Å²) in [6, 6.07) is 113. The zero-order valence-corrected chi connectivity index (χ0v) is 66.8. The second-order valence-corrected chi connectivity index (χ2v) is 35.6. The van der Waals surface area contributed by atoms with Crippen molar-refractivity contribution >= 4 is 121 Å². The van der Waals surface area contributed by atoms with E-state index in [4.69, 9.17) is 0 Å². The highest BCUT2D eigenvalue weighted by Crippen LogP contribution is 2.51. The number of hydrogen-bond donors (Lipinski definition) is 0. The maximum atomic E-state index is 11.5. The summed E-state index contributed by atoms with van der Waals surface area (Å²) in [6.45, 7) is 21.7. The van der Waals surface area contributed by atoms with Crippen molar-refractivity contribution in [3.63, 3.8) is 0 Å². The number of benzene rings is 16. The van der Waals surface area contributed by atoms with Crippen LogP contribution in [0.3, 0.4) is 0 Å². The smallest absolute Gasteiger partial charge is 0.264 e. The molecule has 18 aromatic rings. The molecule has 0 aliphatic carbocycles. The molecule has 113 heavy (non-hydrogen) atoms. The van der Waals surface area contributed by atoms with Gasteiger partial charge in [0.05, 0.1) is 20.8 Å². The normalized spacial score (nSPS) is 13.4. The number of anilines is 4. The van der Waals surface area contributed by atoms with E-state index in [1.165, 1.54) is 120 Å². The summed E-state index contributed by atoms with van der Waals surface area (Å²) in [5.74, 6) is 0. The first-order chi connectivity index (χ1) is 56.2. The highest BCUT2D eigenvalue weighted by molar-refractivity contribution is 7.34. The third-order valence-electron chi connectivity index (χ3n) is 24.5. The van der Waals surface area contributed by atoms with Crippen LogP contribution in [0.1, 0.15) is 107 Å². The van der Waals surface area contributed by atoms with Crippen molar-refractivity contribution in [3.05, 3.63) is 349 Å². The Kier molecular flexibility index (Phi) is 16.2. The van der Waals surface area contributed by atoms with E-state index in [2.05, 4.69) is 380 Å². The van der Waals surface area contributed by atoms with E-state index in [-0.39, 0.29) is 34.4 Å². The van der Waals surface area contributed by atoms with Crippen LogP contribution in [0, 0.1) is 0 Å². The lowest BCUT2D eigenvalue weighted by atomic mass is 9.36. The van der Waals surface area contributed by atoms with Crippen LogP contribution in [0.5, 0.6) is 0 Å². The summed E-state index contributed by atoms with van der Waals surface area (Å²) in [4.78, 5) is 5.19. The van der Waals surface area contributed by atoms with Gasteiger partial charge in [-0.15, -0.1) is 11.3 Å². The Morgan fingerprint density at radius 2 is 0.761 bits per heavy atom. The molecule has 0 saturated carbocycles. The van der Waals surface area contributed by atoms with Crippen molar-refractivity contribution in [1.29, 1.82) is 0 Å². The van der Waals surface area contributed by atoms with Gasteiger partial charge < -0.3 is 14.4 Å². The molecule has 0 N–H and O–H groups in total. The van der Waals surface area contributed by atoms with E-state index < -0.39 is 6.71 Å². The monoisotopic (exact) mass is 1480 g/mol. The average molecular weight is 1480 g/mol. The van der Waals surface area contributed by atoms with Crippen LogP contribution < -0.4 is 25.5 Å². The Bertz CT molecular complexity index is 6750. The number of thiophene rings is 1. The Labute approximate surface area is 673 Å².